The molecule has 1 saturated carbocycles. The van der Waals surface area contributed by atoms with Gasteiger partial charge in [0, 0.05) is 24.5 Å². The molecule has 1 fully saturated rings. The Hall–Kier alpha value is -3.26. The Morgan fingerprint density at radius 2 is 1.74 bits per heavy atom. The molecule has 0 atom stereocenters. The van der Waals surface area contributed by atoms with Crippen LogP contribution in [0.1, 0.15) is 48.5 Å². The second-order valence-electron chi connectivity index (χ2n) is 8.83. The molecule has 1 heterocycles. The largest absolute Gasteiger partial charge is 0.466 e. The van der Waals surface area contributed by atoms with Crippen LogP contribution in [0.25, 0.3) is 0 Å². The zero-order valence-corrected chi connectivity index (χ0v) is 20.6. The SMILES string of the molecule is CCOC(=O)C1CCC(C(=O)Nc2ccc(Cl)cc2C(=O)N(C)Cc2ccc3c(c2)OCO3)CC1. The second kappa shape index (κ2) is 11.0. The van der Waals surface area contributed by atoms with Gasteiger partial charge in [0.25, 0.3) is 5.91 Å². The van der Waals surface area contributed by atoms with Crippen molar-refractivity contribution in [2.24, 2.45) is 11.8 Å². The fourth-order valence-electron chi connectivity index (χ4n) is 4.48. The Balaban J connectivity index is 1.41. The molecule has 0 radical (unpaired) electrons. The molecule has 9 heteroatoms. The van der Waals surface area contributed by atoms with Crippen molar-refractivity contribution >= 4 is 35.1 Å². The fraction of sp³-hybridized carbons (Fsp3) is 0.423. The van der Waals surface area contributed by atoms with Crippen LogP contribution in [0.4, 0.5) is 5.69 Å². The molecule has 0 aromatic heterocycles. The summed E-state index contributed by atoms with van der Waals surface area (Å²) < 4.78 is 15.9. The topological polar surface area (TPSA) is 94.2 Å². The molecule has 0 bridgehead atoms. The number of carbonyl (C=O) groups excluding carboxylic acids is 3. The molecular formula is C26H29ClN2O6. The predicted octanol–water partition coefficient (Wildman–Crippen LogP) is 4.65. The monoisotopic (exact) mass is 500 g/mol. The Bertz CT molecular complexity index is 1110. The van der Waals surface area contributed by atoms with Gasteiger partial charge in [0.1, 0.15) is 0 Å². The van der Waals surface area contributed by atoms with Crippen molar-refractivity contribution in [3.8, 4) is 11.5 Å². The van der Waals surface area contributed by atoms with Crippen LogP contribution in [-0.2, 0) is 20.9 Å². The first-order valence-electron chi connectivity index (χ1n) is 11.8. The maximum atomic E-state index is 13.3. The summed E-state index contributed by atoms with van der Waals surface area (Å²) in [7, 11) is 1.69. The van der Waals surface area contributed by atoms with Crippen LogP contribution in [0.15, 0.2) is 36.4 Å². The van der Waals surface area contributed by atoms with Crippen molar-refractivity contribution < 1.29 is 28.6 Å². The molecule has 1 aliphatic heterocycles. The number of nitrogens with zero attached hydrogens (tertiary/aromatic N) is 1. The van der Waals surface area contributed by atoms with Gasteiger partial charge in [-0.3, -0.25) is 14.4 Å². The minimum absolute atomic E-state index is 0.156. The highest BCUT2D eigenvalue weighted by Crippen LogP contribution is 2.34. The normalized spacial score (nSPS) is 18.6. The van der Waals surface area contributed by atoms with E-state index in [-0.39, 0.29) is 36.4 Å². The molecule has 1 aliphatic carbocycles. The Kier molecular flexibility index (Phi) is 7.80. The lowest BCUT2D eigenvalue weighted by molar-refractivity contribution is -0.150. The molecule has 2 aromatic rings. The average Bonchev–Trinajstić information content (AvgIpc) is 3.33. The van der Waals surface area contributed by atoms with Crippen molar-refractivity contribution in [3.05, 3.63) is 52.5 Å². The molecular weight excluding hydrogens is 472 g/mol. The number of amides is 2. The Morgan fingerprint density at radius 1 is 1.03 bits per heavy atom. The van der Waals surface area contributed by atoms with Crippen molar-refractivity contribution in [2.45, 2.75) is 39.2 Å². The van der Waals surface area contributed by atoms with E-state index >= 15 is 0 Å². The third kappa shape index (κ3) is 5.88. The van der Waals surface area contributed by atoms with Crippen LogP contribution in [0.2, 0.25) is 5.02 Å². The number of nitrogens with one attached hydrogen (secondary N) is 1. The number of fused-ring (bicyclic) bond motifs is 1. The van der Waals surface area contributed by atoms with E-state index in [1.165, 1.54) is 0 Å². The number of carbonyl (C=O) groups is 3. The molecule has 2 aliphatic rings. The summed E-state index contributed by atoms with van der Waals surface area (Å²) in [5.74, 6) is 0.314. The van der Waals surface area contributed by atoms with Crippen molar-refractivity contribution in [3.63, 3.8) is 0 Å². The number of rotatable bonds is 7. The second-order valence-corrected chi connectivity index (χ2v) is 9.27. The predicted molar refractivity (Wildman–Crippen MR) is 131 cm³/mol. The first-order chi connectivity index (χ1) is 16.9. The van der Waals surface area contributed by atoms with Gasteiger partial charge in [0.15, 0.2) is 11.5 Å². The minimum atomic E-state index is -0.272. The van der Waals surface area contributed by atoms with Gasteiger partial charge in [-0.15, -0.1) is 0 Å². The zero-order chi connectivity index (χ0) is 24.9. The number of ether oxygens (including phenoxy) is 3. The smallest absolute Gasteiger partial charge is 0.308 e. The van der Waals surface area contributed by atoms with Crippen LogP contribution in [0.3, 0.4) is 0 Å². The number of halogens is 1. The van der Waals surface area contributed by atoms with Gasteiger partial charge in [-0.1, -0.05) is 17.7 Å². The lowest BCUT2D eigenvalue weighted by Gasteiger charge is -2.27. The first-order valence-corrected chi connectivity index (χ1v) is 12.1. The molecule has 4 rings (SSSR count). The minimum Gasteiger partial charge on any atom is -0.466 e. The van der Waals surface area contributed by atoms with Gasteiger partial charge >= 0.3 is 5.97 Å². The van der Waals surface area contributed by atoms with Gasteiger partial charge in [-0.2, -0.15) is 0 Å². The third-order valence-corrected chi connectivity index (χ3v) is 6.63. The van der Waals surface area contributed by atoms with E-state index in [0.29, 0.717) is 66.6 Å². The summed E-state index contributed by atoms with van der Waals surface area (Å²) >= 11 is 6.19. The first kappa shape index (κ1) is 24.9. The summed E-state index contributed by atoms with van der Waals surface area (Å²) in [5.41, 5.74) is 1.61. The zero-order valence-electron chi connectivity index (χ0n) is 19.8. The van der Waals surface area contributed by atoms with E-state index in [0.717, 1.165) is 5.56 Å². The molecule has 186 valence electrons. The van der Waals surface area contributed by atoms with Gasteiger partial charge in [0.05, 0.1) is 23.8 Å². The molecule has 2 amide bonds. The van der Waals surface area contributed by atoms with Gasteiger partial charge in [-0.25, -0.2) is 0 Å². The molecule has 35 heavy (non-hydrogen) atoms. The van der Waals surface area contributed by atoms with Crippen LogP contribution in [-0.4, -0.2) is 43.1 Å². The quantitative estimate of drug-likeness (QED) is 0.556. The standard InChI is InChI=1S/C26H29ClN2O6/c1-3-33-26(32)18-7-5-17(6-8-18)24(30)28-21-10-9-19(27)13-20(21)25(31)29(2)14-16-4-11-22-23(12-16)35-15-34-22/h4,9-13,17-18H,3,5-8,14-15H2,1-2H3,(H,28,30). The number of benzene rings is 2. The van der Waals surface area contributed by atoms with Crippen molar-refractivity contribution in [2.75, 3.05) is 25.8 Å². The maximum absolute atomic E-state index is 13.3. The van der Waals surface area contributed by atoms with Gasteiger partial charge in [0.2, 0.25) is 12.7 Å². The number of esters is 1. The van der Waals surface area contributed by atoms with Crippen LogP contribution >= 0.6 is 11.6 Å². The average molecular weight is 501 g/mol. The highest BCUT2D eigenvalue weighted by atomic mass is 35.5. The van der Waals surface area contributed by atoms with Gasteiger partial charge < -0.3 is 24.4 Å². The lowest BCUT2D eigenvalue weighted by atomic mass is 9.81. The molecule has 8 nitrogen and oxygen atoms in total. The van der Waals surface area contributed by atoms with E-state index < -0.39 is 0 Å². The lowest BCUT2D eigenvalue weighted by Crippen LogP contribution is -2.31. The summed E-state index contributed by atoms with van der Waals surface area (Å²) in [6.07, 6.45) is 2.41. The van der Waals surface area contributed by atoms with E-state index in [4.69, 9.17) is 25.8 Å². The third-order valence-electron chi connectivity index (χ3n) is 6.39. The summed E-state index contributed by atoms with van der Waals surface area (Å²) in [5, 5.41) is 3.31. The summed E-state index contributed by atoms with van der Waals surface area (Å²) in [6, 6.07) is 10.4. The highest BCUT2D eigenvalue weighted by Gasteiger charge is 2.31. The summed E-state index contributed by atoms with van der Waals surface area (Å²) in [6.45, 7) is 2.67. The molecule has 2 aromatic carbocycles. The van der Waals surface area contributed by atoms with E-state index in [9.17, 15) is 14.4 Å². The van der Waals surface area contributed by atoms with E-state index in [1.807, 2.05) is 18.2 Å². The Morgan fingerprint density at radius 3 is 2.49 bits per heavy atom. The summed E-state index contributed by atoms with van der Waals surface area (Å²) in [4.78, 5) is 39.8. The number of hydrogen-bond donors (Lipinski definition) is 1. The number of anilines is 1. The van der Waals surface area contributed by atoms with Crippen LogP contribution < -0.4 is 14.8 Å². The number of hydrogen-bond acceptors (Lipinski definition) is 6. The van der Waals surface area contributed by atoms with Crippen molar-refractivity contribution in [1.29, 1.82) is 0 Å². The van der Waals surface area contributed by atoms with E-state index in [1.54, 1.807) is 37.1 Å². The fourth-order valence-corrected chi connectivity index (χ4v) is 4.65. The Labute approximate surface area is 209 Å². The van der Waals surface area contributed by atoms with Crippen molar-refractivity contribution in [1.82, 2.24) is 4.90 Å². The van der Waals surface area contributed by atoms with Gasteiger partial charge in [-0.05, 0) is 68.5 Å². The molecule has 0 saturated heterocycles. The van der Waals surface area contributed by atoms with E-state index in [2.05, 4.69) is 5.32 Å². The molecule has 0 spiro atoms. The molecule has 1 N–H and O–H groups in total. The molecule has 0 unspecified atom stereocenters. The van der Waals surface area contributed by atoms with Crippen LogP contribution in [0, 0.1) is 11.8 Å². The maximum Gasteiger partial charge on any atom is 0.308 e. The van der Waals surface area contributed by atoms with Crippen LogP contribution in [0.5, 0.6) is 11.5 Å². The highest BCUT2D eigenvalue weighted by molar-refractivity contribution is 6.31.